The Morgan fingerprint density at radius 1 is 0.962 bits per heavy atom. The molecule has 1 heterocycles. The van der Waals surface area contributed by atoms with Crippen molar-refractivity contribution in [1.29, 1.82) is 0 Å². The summed E-state index contributed by atoms with van der Waals surface area (Å²) in [6.45, 7) is 7.05. The predicted molar refractivity (Wildman–Crippen MR) is 99.2 cm³/mol. The van der Waals surface area contributed by atoms with Gasteiger partial charge in [0.05, 0.1) is 12.7 Å². The number of nitrogens with zero attached hydrogens (tertiary/aromatic N) is 2. The summed E-state index contributed by atoms with van der Waals surface area (Å²) < 4.78 is 10.7. The van der Waals surface area contributed by atoms with Crippen molar-refractivity contribution in [2.75, 3.05) is 33.3 Å². The third-order valence-corrected chi connectivity index (χ3v) is 4.24. The number of rotatable bonds is 2. The molecule has 1 aliphatic rings. The molecular formula is C18H23BrN2O5. The van der Waals surface area contributed by atoms with Gasteiger partial charge in [0.2, 0.25) is 0 Å². The molecule has 2 rings (SSSR count). The van der Waals surface area contributed by atoms with Crippen LogP contribution in [0.15, 0.2) is 22.7 Å². The van der Waals surface area contributed by atoms with Crippen molar-refractivity contribution >= 4 is 33.9 Å². The predicted octanol–water partition coefficient (Wildman–Crippen LogP) is 2.93. The summed E-state index contributed by atoms with van der Waals surface area (Å²) >= 11 is 3.31. The fourth-order valence-corrected chi connectivity index (χ4v) is 3.04. The molecule has 7 nitrogen and oxygen atoms in total. The van der Waals surface area contributed by atoms with Crippen molar-refractivity contribution < 1.29 is 23.9 Å². The average molecular weight is 427 g/mol. The van der Waals surface area contributed by atoms with Crippen molar-refractivity contribution in [3.05, 3.63) is 33.8 Å². The third-order valence-electron chi connectivity index (χ3n) is 3.78. The molecule has 0 N–H and O–H groups in total. The minimum Gasteiger partial charge on any atom is -0.465 e. The molecule has 1 fully saturated rings. The number of amides is 2. The molecule has 0 spiro atoms. The Hall–Kier alpha value is -2.09. The molecule has 0 unspecified atom stereocenters. The van der Waals surface area contributed by atoms with Crippen LogP contribution in [-0.2, 0) is 9.47 Å². The third kappa shape index (κ3) is 5.20. The minimum absolute atomic E-state index is 0.194. The van der Waals surface area contributed by atoms with Crippen LogP contribution < -0.4 is 0 Å². The number of piperazine rings is 1. The molecule has 0 aromatic heterocycles. The molecule has 2 amide bonds. The van der Waals surface area contributed by atoms with Crippen molar-refractivity contribution in [3.63, 3.8) is 0 Å². The highest BCUT2D eigenvalue weighted by molar-refractivity contribution is 9.10. The monoisotopic (exact) mass is 426 g/mol. The van der Waals surface area contributed by atoms with E-state index < -0.39 is 11.6 Å². The molecule has 1 aromatic rings. The summed E-state index contributed by atoms with van der Waals surface area (Å²) in [6.07, 6.45) is -0.375. The van der Waals surface area contributed by atoms with Crippen LogP contribution in [0, 0.1) is 0 Å². The first kappa shape index (κ1) is 20.2. The number of benzene rings is 1. The first-order valence-electron chi connectivity index (χ1n) is 8.27. The first-order chi connectivity index (χ1) is 12.1. The SMILES string of the molecule is COC(=O)c1cc(Br)cc(C(=O)N2CCN(C(=O)OC(C)(C)C)CC2)c1. The fraction of sp³-hybridized carbons (Fsp3) is 0.500. The molecule has 0 aliphatic carbocycles. The summed E-state index contributed by atoms with van der Waals surface area (Å²) in [5.74, 6) is -0.699. The van der Waals surface area contributed by atoms with Crippen LogP contribution in [0.5, 0.6) is 0 Å². The van der Waals surface area contributed by atoms with E-state index >= 15 is 0 Å². The number of carbonyl (C=O) groups excluding carboxylic acids is 3. The molecule has 0 saturated carbocycles. The molecule has 26 heavy (non-hydrogen) atoms. The highest BCUT2D eigenvalue weighted by Crippen LogP contribution is 2.19. The van der Waals surface area contributed by atoms with Crippen LogP contribution in [0.25, 0.3) is 0 Å². The average Bonchev–Trinajstić information content (AvgIpc) is 2.58. The van der Waals surface area contributed by atoms with Crippen LogP contribution >= 0.6 is 15.9 Å². The topological polar surface area (TPSA) is 76.2 Å². The second kappa shape index (κ2) is 8.07. The van der Waals surface area contributed by atoms with Crippen LogP contribution in [0.2, 0.25) is 0 Å². The Morgan fingerprint density at radius 3 is 2.04 bits per heavy atom. The lowest BCUT2D eigenvalue weighted by Gasteiger charge is -2.35. The van der Waals surface area contributed by atoms with Crippen LogP contribution in [-0.4, -0.2) is 66.7 Å². The van der Waals surface area contributed by atoms with Gasteiger partial charge in [0.1, 0.15) is 5.60 Å². The van der Waals surface area contributed by atoms with E-state index in [0.717, 1.165) is 0 Å². The summed E-state index contributed by atoms with van der Waals surface area (Å²) in [5.41, 5.74) is 0.146. The second-order valence-electron chi connectivity index (χ2n) is 6.98. The van der Waals surface area contributed by atoms with E-state index in [1.54, 1.807) is 21.9 Å². The van der Waals surface area contributed by atoms with Crippen molar-refractivity contribution in [2.45, 2.75) is 26.4 Å². The van der Waals surface area contributed by atoms with Crippen LogP contribution in [0.3, 0.4) is 0 Å². The van der Waals surface area contributed by atoms with E-state index in [9.17, 15) is 14.4 Å². The molecule has 1 saturated heterocycles. The van der Waals surface area contributed by atoms with E-state index in [1.807, 2.05) is 20.8 Å². The minimum atomic E-state index is -0.551. The maximum atomic E-state index is 12.7. The zero-order valence-electron chi connectivity index (χ0n) is 15.4. The van der Waals surface area contributed by atoms with E-state index in [4.69, 9.17) is 9.47 Å². The zero-order valence-corrected chi connectivity index (χ0v) is 17.0. The molecule has 8 heteroatoms. The van der Waals surface area contributed by atoms with Gasteiger partial charge in [-0.2, -0.15) is 0 Å². The van der Waals surface area contributed by atoms with Gasteiger partial charge in [0, 0.05) is 36.2 Å². The number of halogens is 1. The summed E-state index contributed by atoms with van der Waals surface area (Å²) in [7, 11) is 1.29. The highest BCUT2D eigenvalue weighted by atomic mass is 79.9. The fourth-order valence-electron chi connectivity index (χ4n) is 2.55. The lowest BCUT2D eigenvalue weighted by Crippen LogP contribution is -2.51. The molecule has 0 radical (unpaired) electrons. The Labute approximate surface area is 161 Å². The smallest absolute Gasteiger partial charge is 0.410 e. The molecule has 0 bridgehead atoms. The molecule has 0 atom stereocenters. The first-order valence-corrected chi connectivity index (χ1v) is 9.06. The number of hydrogen-bond acceptors (Lipinski definition) is 5. The number of hydrogen-bond donors (Lipinski definition) is 0. The second-order valence-corrected chi connectivity index (χ2v) is 7.90. The van der Waals surface area contributed by atoms with E-state index in [-0.39, 0.29) is 12.0 Å². The van der Waals surface area contributed by atoms with Crippen molar-refractivity contribution in [1.82, 2.24) is 9.80 Å². The largest absolute Gasteiger partial charge is 0.465 e. The van der Waals surface area contributed by atoms with E-state index in [0.29, 0.717) is 41.8 Å². The van der Waals surface area contributed by atoms with Crippen molar-refractivity contribution in [2.24, 2.45) is 0 Å². The quantitative estimate of drug-likeness (QED) is 0.679. The van der Waals surface area contributed by atoms with Gasteiger partial charge in [-0.05, 0) is 39.0 Å². The standard InChI is InChI=1S/C18H23BrN2O5/c1-18(2,3)26-17(24)21-7-5-20(6-8-21)15(22)12-9-13(16(23)25-4)11-14(19)10-12/h9-11H,5-8H2,1-4H3. The lowest BCUT2D eigenvalue weighted by molar-refractivity contribution is 0.0140. The summed E-state index contributed by atoms with van der Waals surface area (Å²) in [5, 5.41) is 0. The van der Waals surface area contributed by atoms with Gasteiger partial charge >= 0.3 is 12.1 Å². The lowest BCUT2D eigenvalue weighted by atomic mass is 10.1. The van der Waals surface area contributed by atoms with Gasteiger partial charge in [0.25, 0.3) is 5.91 Å². The number of carbonyl (C=O) groups is 3. The maximum absolute atomic E-state index is 12.7. The molecule has 142 valence electrons. The van der Waals surface area contributed by atoms with Crippen LogP contribution in [0.4, 0.5) is 4.79 Å². The Kier molecular flexibility index (Phi) is 6.28. The number of methoxy groups -OCH3 is 1. The van der Waals surface area contributed by atoms with Gasteiger partial charge in [-0.1, -0.05) is 15.9 Å². The number of ether oxygens (including phenoxy) is 2. The Balaban J connectivity index is 2.03. The highest BCUT2D eigenvalue weighted by Gasteiger charge is 2.28. The Bertz CT molecular complexity index is 706. The molecular weight excluding hydrogens is 404 g/mol. The summed E-state index contributed by atoms with van der Waals surface area (Å²) in [4.78, 5) is 39.8. The van der Waals surface area contributed by atoms with Gasteiger partial charge in [0.15, 0.2) is 0 Å². The van der Waals surface area contributed by atoms with E-state index in [1.165, 1.54) is 13.2 Å². The van der Waals surface area contributed by atoms with Gasteiger partial charge in [-0.15, -0.1) is 0 Å². The normalized spacial score (nSPS) is 14.8. The maximum Gasteiger partial charge on any atom is 0.410 e. The van der Waals surface area contributed by atoms with Gasteiger partial charge in [-0.3, -0.25) is 4.79 Å². The zero-order chi connectivity index (χ0) is 19.5. The van der Waals surface area contributed by atoms with Gasteiger partial charge in [-0.25, -0.2) is 9.59 Å². The Morgan fingerprint density at radius 2 is 1.50 bits per heavy atom. The van der Waals surface area contributed by atoms with Crippen LogP contribution in [0.1, 0.15) is 41.5 Å². The summed E-state index contributed by atoms with van der Waals surface area (Å²) in [6, 6.07) is 4.78. The molecule has 1 aliphatic heterocycles. The molecule has 1 aromatic carbocycles. The van der Waals surface area contributed by atoms with Gasteiger partial charge < -0.3 is 19.3 Å². The van der Waals surface area contributed by atoms with E-state index in [2.05, 4.69) is 15.9 Å². The van der Waals surface area contributed by atoms with Crippen molar-refractivity contribution in [3.8, 4) is 0 Å². The number of esters is 1.